The lowest BCUT2D eigenvalue weighted by Gasteiger charge is -2.22. The SMILES string of the molecule is S=c1[nH]nc(-c2cccs2)n1CC1CCCOC1. The Morgan fingerprint density at radius 2 is 2.56 bits per heavy atom. The highest BCUT2D eigenvalue weighted by Gasteiger charge is 2.18. The summed E-state index contributed by atoms with van der Waals surface area (Å²) in [5, 5.41) is 9.29. The van der Waals surface area contributed by atoms with Crippen LogP contribution in [0.25, 0.3) is 10.7 Å². The van der Waals surface area contributed by atoms with Crippen molar-refractivity contribution in [2.75, 3.05) is 13.2 Å². The number of nitrogens with zero attached hydrogens (tertiary/aromatic N) is 2. The first kappa shape index (κ1) is 12.1. The van der Waals surface area contributed by atoms with E-state index in [0.29, 0.717) is 10.7 Å². The molecule has 96 valence electrons. The van der Waals surface area contributed by atoms with Gasteiger partial charge >= 0.3 is 0 Å². The molecule has 0 aliphatic carbocycles. The minimum atomic E-state index is 0.543. The Bertz CT molecular complexity index is 552. The van der Waals surface area contributed by atoms with Gasteiger partial charge in [0.1, 0.15) is 0 Å². The molecule has 18 heavy (non-hydrogen) atoms. The number of hydrogen-bond acceptors (Lipinski definition) is 4. The molecule has 1 N–H and O–H groups in total. The van der Waals surface area contributed by atoms with E-state index >= 15 is 0 Å². The summed E-state index contributed by atoms with van der Waals surface area (Å²) >= 11 is 7.01. The average Bonchev–Trinajstić information content (AvgIpc) is 3.02. The van der Waals surface area contributed by atoms with Crippen LogP contribution in [0.15, 0.2) is 17.5 Å². The lowest BCUT2D eigenvalue weighted by Crippen LogP contribution is -2.22. The van der Waals surface area contributed by atoms with Gasteiger partial charge in [0, 0.05) is 19.1 Å². The van der Waals surface area contributed by atoms with Crippen LogP contribution in [0.4, 0.5) is 0 Å². The first-order valence-corrected chi connectivity index (χ1v) is 7.40. The van der Waals surface area contributed by atoms with E-state index in [0.717, 1.165) is 36.9 Å². The molecular formula is C12H15N3OS2. The molecule has 0 spiro atoms. The molecule has 0 bridgehead atoms. The second-order valence-electron chi connectivity index (χ2n) is 4.52. The van der Waals surface area contributed by atoms with E-state index < -0.39 is 0 Å². The molecule has 2 aromatic rings. The van der Waals surface area contributed by atoms with E-state index in [1.807, 2.05) is 6.07 Å². The molecule has 1 fully saturated rings. The molecule has 1 aliphatic rings. The fourth-order valence-corrected chi connectivity index (χ4v) is 3.22. The molecule has 0 saturated carbocycles. The maximum atomic E-state index is 5.53. The Labute approximate surface area is 115 Å². The van der Waals surface area contributed by atoms with Gasteiger partial charge in [-0.25, -0.2) is 0 Å². The second kappa shape index (κ2) is 5.34. The molecule has 0 amide bonds. The first-order valence-electron chi connectivity index (χ1n) is 6.11. The Balaban J connectivity index is 1.86. The van der Waals surface area contributed by atoms with E-state index in [2.05, 4.69) is 26.2 Å². The number of ether oxygens (including phenoxy) is 1. The Kier molecular flexibility index (Phi) is 3.58. The van der Waals surface area contributed by atoms with Gasteiger partial charge in [-0.15, -0.1) is 11.3 Å². The van der Waals surface area contributed by atoms with Crippen molar-refractivity contribution in [1.29, 1.82) is 0 Å². The average molecular weight is 281 g/mol. The van der Waals surface area contributed by atoms with Crippen LogP contribution in [0.2, 0.25) is 0 Å². The van der Waals surface area contributed by atoms with Crippen molar-refractivity contribution < 1.29 is 4.74 Å². The topological polar surface area (TPSA) is 42.8 Å². The summed E-state index contributed by atoms with van der Waals surface area (Å²) in [6.45, 7) is 2.62. The van der Waals surface area contributed by atoms with E-state index in [1.54, 1.807) is 11.3 Å². The third-order valence-corrected chi connectivity index (χ3v) is 4.37. The fraction of sp³-hybridized carbons (Fsp3) is 0.500. The van der Waals surface area contributed by atoms with Crippen LogP contribution in [0.3, 0.4) is 0 Å². The third-order valence-electron chi connectivity index (χ3n) is 3.20. The predicted octanol–water partition coefficient (Wildman–Crippen LogP) is 3.10. The molecule has 1 unspecified atom stereocenters. The Morgan fingerprint density at radius 3 is 3.28 bits per heavy atom. The smallest absolute Gasteiger partial charge is 0.195 e. The molecule has 4 nitrogen and oxygen atoms in total. The van der Waals surface area contributed by atoms with Gasteiger partial charge in [0.05, 0.1) is 11.5 Å². The normalized spacial score (nSPS) is 20.1. The monoisotopic (exact) mass is 281 g/mol. The molecular weight excluding hydrogens is 266 g/mol. The number of aromatic amines is 1. The summed E-state index contributed by atoms with van der Waals surface area (Å²) < 4.78 is 8.32. The maximum absolute atomic E-state index is 5.53. The van der Waals surface area contributed by atoms with E-state index in [9.17, 15) is 0 Å². The quantitative estimate of drug-likeness (QED) is 0.879. The first-order chi connectivity index (χ1) is 8.84. The van der Waals surface area contributed by atoms with Crippen molar-refractivity contribution in [3.63, 3.8) is 0 Å². The predicted molar refractivity (Wildman–Crippen MR) is 74.3 cm³/mol. The van der Waals surface area contributed by atoms with Gasteiger partial charge in [0.25, 0.3) is 0 Å². The summed E-state index contributed by atoms with van der Waals surface area (Å²) in [6, 6.07) is 4.11. The van der Waals surface area contributed by atoms with Gasteiger partial charge in [-0.05, 0) is 36.5 Å². The summed E-state index contributed by atoms with van der Waals surface area (Å²) in [5.41, 5.74) is 0. The summed E-state index contributed by atoms with van der Waals surface area (Å²) in [7, 11) is 0. The third kappa shape index (κ3) is 2.41. The lowest BCUT2D eigenvalue weighted by molar-refractivity contribution is 0.0484. The van der Waals surface area contributed by atoms with Crippen LogP contribution in [-0.2, 0) is 11.3 Å². The highest BCUT2D eigenvalue weighted by atomic mass is 32.1. The molecule has 2 aromatic heterocycles. The summed E-state index contributed by atoms with van der Waals surface area (Å²) in [5.74, 6) is 1.49. The van der Waals surface area contributed by atoms with Crippen molar-refractivity contribution in [3.05, 3.63) is 22.3 Å². The fourth-order valence-electron chi connectivity index (χ4n) is 2.29. The minimum absolute atomic E-state index is 0.543. The molecule has 1 saturated heterocycles. The molecule has 1 aliphatic heterocycles. The lowest BCUT2D eigenvalue weighted by atomic mass is 10.0. The van der Waals surface area contributed by atoms with E-state index in [1.165, 1.54) is 6.42 Å². The highest BCUT2D eigenvalue weighted by molar-refractivity contribution is 7.71. The van der Waals surface area contributed by atoms with Crippen LogP contribution in [0.5, 0.6) is 0 Å². The van der Waals surface area contributed by atoms with Crippen molar-refractivity contribution in [1.82, 2.24) is 14.8 Å². The molecule has 6 heteroatoms. The zero-order valence-electron chi connectivity index (χ0n) is 9.96. The number of thiophene rings is 1. The minimum Gasteiger partial charge on any atom is -0.381 e. The van der Waals surface area contributed by atoms with Gasteiger partial charge in [0.2, 0.25) is 0 Å². The van der Waals surface area contributed by atoms with Crippen LogP contribution in [0.1, 0.15) is 12.8 Å². The summed E-state index contributed by atoms with van der Waals surface area (Å²) in [6.07, 6.45) is 2.35. The molecule has 3 rings (SSSR count). The standard InChI is InChI=1S/C12H15N3OS2/c17-12-14-13-11(10-4-2-6-18-10)15(12)7-9-3-1-5-16-8-9/h2,4,6,9H,1,3,5,7-8H2,(H,14,17). The van der Waals surface area contributed by atoms with Gasteiger partial charge in [-0.2, -0.15) is 5.10 Å². The number of nitrogens with one attached hydrogen (secondary N) is 1. The number of H-pyrrole nitrogens is 1. The van der Waals surface area contributed by atoms with Crippen molar-refractivity contribution in [2.24, 2.45) is 5.92 Å². The van der Waals surface area contributed by atoms with Crippen molar-refractivity contribution >= 4 is 23.6 Å². The largest absolute Gasteiger partial charge is 0.381 e. The molecule has 0 radical (unpaired) electrons. The van der Waals surface area contributed by atoms with E-state index in [-0.39, 0.29) is 0 Å². The summed E-state index contributed by atoms with van der Waals surface area (Å²) in [4.78, 5) is 1.15. The van der Waals surface area contributed by atoms with Crippen LogP contribution >= 0.6 is 23.6 Å². The second-order valence-corrected chi connectivity index (χ2v) is 5.86. The van der Waals surface area contributed by atoms with Crippen LogP contribution < -0.4 is 0 Å². The van der Waals surface area contributed by atoms with Crippen LogP contribution in [-0.4, -0.2) is 28.0 Å². The Hall–Kier alpha value is -0.980. The van der Waals surface area contributed by atoms with Gasteiger partial charge in [-0.3, -0.25) is 9.67 Å². The number of hydrogen-bond donors (Lipinski definition) is 1. The van der Waals surface area contributed by atoms with Crippen molar-refractivity contribution in [3.8, 4) is 10.7 Å². The Morgan fingerprint density at radius 1 is 1.61 bits per heavy atom. The van der Waals surface area contributed by atoms with Crippen molar-refractivity contribution in [2.45, 2.75) is 19.4 Å². The van der Waals surface area contributed by atoms with Gasteiger partial charge < -0.3 is 4.74 Å². The number of aromatic nitrogens is 3. The molecule has 0 aromatic carbocycles. The van der Waals surface area contributed by atoms with Crippen LogP contribution in [0, 0.1) is 10.7 Å². The number of rotatable bonds is 3. The van der Waals surface area contributed by atoms with E-state index in [4.69, 9.17) is 17.0 Å². The highest BCUT2D eigenvalue weighted by Crippen LogP contribution is 2.25. The van der Waals surface area contributed by atoms with Gasteiger partial charge in [-0.1, -0.05) is 6.07 Å². The zero-order chi connectivity index (χ0) is 12.4. The maximum Gasteiger partial charge on any atom is 0.195 e. The molecule has 1 atom stereocenters. The van der Waals surface area contributed by atoms with Gasteiger partial charge in [0.15, 0.2) is 10.6 Å². The zero-order valence-corrected chi connectivity index (χ0v) is 11.6. The molecule has 3 heterocycles.